The van der Waals surface area contributed by atoms with Gasteiger partial charge in [0.05, 0.1) is 0 Å². The zero-order valence-corrected chi connectivity index (χ0v) is 14.4. The second-order valence-corrected chi connectivity index (χ2v) is 5.93. The first-order valence-electron chi connectivity index (χ1n) is 8.11. The van der Waals surface area contributed by atoms with Crippen LogP contribution in [0.3, 0.4) is 0 Å². The highest BCUT2D eigenvalue weighted by molar-refractivity contribution is 5.73. The summed E-state index contributed by atoms with van der Waals surface area (Å²) in [4.78, 5) is 15.2. The zero-order chi connectivity index (χ0) is 15.5. The minimum atomic E-state index is 0.0836. The van der Waals surface area contributed by atoms with Gasteiger partial charge in [0, 0.05) is 19.5 Å². The van der Waals surface area contributed by atoms with Gasteiger partial charge in [0.25, 0.3) is 0 Å². The molecular formula is C16H35N3O. The van der Waals surface area contributed by atoms with Crippen LogP contribution in [0.25, 0.3) is 0 Å². The average molecular weight is 285 g/mol. The van der Waals surface area contributed by atoms with E-state index in [1.54, 1.807) is 6.92 Å². The summed E-state index contributed by atoms with van der Waals surface area (Å²) in [7, 11) is 4.27. The number of nitrogens with one attached hydrogen (secondary N) is 1. The van der Waals surface area contributed by atoms with Crippen LogP contribution in [0.1, 0.15) is 47.0 Å². The summed E-state index contributed by atoms with van der Waals surface area (Å²) < 4.78 is 0. The van der Waals surface area contributed by atoms with Crippen LogP contribution in [0.2, 0.25) is 0 Å². The molecular weight excluding hydrogens is 250 g/mol. The topological polar surface area (TPSA) is 35.6 Å². The lowest BCUT2D eigenvalue weighted by atomic mass is 10.00. The van der Waals surface area contributed by atoms with Crippen molar-refractivity contribution in [2.75, 3.05) is 40.3 Å². The van der Waals surface area contributed by atoms with Gasteiger partial charge in [0.15, 0.2) is 0 Å². The Labute approximate surface area is 125 Å². The Morgan fingerprint density at radius 2 is 1.50 bits per heavy atom. The maximum absolute atomic E-state index is 10.6. The molecule has 2 rings (SSSR count). The molecule has 0 radical (unpaired) electrons. The van der Waals surface area contributed by atoms with E-state index >= 15 is 0 Å². The molecule has 120 valence electrons. The van der Waals surface area contributed by atoms with Crippen molar-refractivity contribution in [3.63, 3.8) is 0 Å². The van der Waals surface area contributed by atoms with E-state index in [0.717, 1.165) is 25.4 Å². The lowest BCUT2D eigenvalue weighted by molar-refractivity contribution is -0.119. The third-order valence-electron chi connectivity index (χ3n) is 3.81. The van der Waals surface area contributed by atoms with E-state index in [-0.39, 0.29) is 5.91 Å². The van der Waals surface area contributed by atoms with Crippen molar-refractivity contribution in [1.29, 1.82) is 0 Å². The molecule has 0 aromatic rings. The number of carbonyl (C=O) groups is 1. The monoisotopic (exact) mass is 285 g/mol. The van der Waals surface area contributed by atoms with Gasteiger partial charge >= 0.3 is 0 Å². The molecule has 1 amide bonds. The van der Waals surface area contributed by atoms with Crippen LogP contribution < -0.4 is 5.32 Å². The Hall–Kier alpha value is -0.610. The number of nitrogens with zero attached hydrogens (tertiary/aromatic N) is 2. The number of likely N-dealkylation sites (N-methyl/N-ethyl adjacent to an activating group) is 1. The van der Waals surface area contributed by atoms with E-state index in [1.807, 2.05) is 13.8 Å². The highest BCUT2D eigenvalue weighted by Crippen LogP contribution is 2.13. The van der Waals surface area contributed by atoms with Crippen LogP contribution in [0.5, 0.6) is 0 Å². The summed E-state index contributed by atoms with van der Waals surface area (Å²) >= 11 is 0. The predicted molar refractivity (Wildman–Crippen MR) is 87.0 cm³/mol. The molecule has 2 aliphatic rings. The van der Waals surface area contributed by atoms with Gasteiger partial charge in [-0.2, -0.15) is 0 Å². The molecule has 2 saturated heterocycles. The fourth-order valence-corrected chi connectivity index (χ4v) is 2.48. The molecule has 0 bridgehead atoms. The third-order valence-corrected chi connectivity index (χ3v) is 3.81. The molecule has 1 N–H and O–H groups in total. The van der Waals surface area contributed by atoms with Crippen LogP contribution >= 0.6 is 0 Å². The zero-order valence-electron chi connectivity index (χ0n) is 14.4. The van der Waals surface area contributed by atoms with E-state index in [4.69, 9.17) is 0 Å². The van der Waals surface area contributed by atoms with Crippen molar-refractivity contribution in [2.45, 2.75) is 53.0 Å². The van der Waals surface area contributed by atoms with Gasteiger partial charge in [-0.3, -0.25) is 4.79 Å². The van der Waals surface area contributed by atoms with Crippen molar-refractivity contribution >= 4 is 5.91 Å². The number of amides is 1. The maximum Gasteiger partial charge on any atom is 0.217 e. The number of hydrogen-bond donors (Lipinski definition) is 1. The first-order valence-corrected chi connectivity index (χ1v) is 8.11. The van der Waals surface area contributed by atoms with Crippen LogP contribution in [0.15, 0.2) is 0 Å². The quantitative estimate of drug-likeness (QED) is 0.802. The van der Waals surface area contributed by atoms with Crippen molar-refractivity contribution in [2.24, 2.45) is 5.92 Å². The Balaban J connectivity index is 0.000000327. The number of hydrogen-bond acceptors (Lipinski definition) is 3. The Morgan fingerprint density at radius 3 is 1.85 bits per heavy atom. The van der Waals surface area contributed by atoms with E-state index in [2.05, 4.69) is 36.1 Å². The van der Waals surface area contributed by atoms with Gasteiger partial charge in [-0.1, -0.05) is 20.8 Å². The summed E-state index contributed by atoms with van der Waals surface area (Å²) in [6.45, 7) is 12.6. The molecule has 4 heteroatoms. The lowest BCUT2D eigenvalue weighted by Crippen LogP contribution is -2.34. The minimum absolute atomic E-state index is 0.0836. The maximum atomic E-state index is 10.6. The molecule has 0 aromatic heterocycles. The number of likely N-dealkylation sites (tertiary alicyclic amines) is 2. The molecule has 2 aliphatic heterocycles. The van der Waals surface area contributed by atoms with Gasteiger partial charge in [0.2, 0.25) is 5.91 Å². The van der Waals surface area contributed by atoms with Crippen molar-refractivity contribution in [3.05, 3.63) is 0 Å². The summed E-state index contributed by atoms with van der Waals surface area (Å²) in [5, 5.41) is 2.89. The molecule has 0 saturated carbocycles. The molecule has 1 atom stereocenters. The summed E-state index contributed by atoms with van der Waals surface area (Å²) in [6, 6.07) is 0.391. The van der Waals surface area contributed by atoms with Crippen molar-refractivity contribution in [1.82, 2.24) is 15.1 Å². The predicted octanol–water partition coefficient (Wildman–Crippen LogP) is 2.20. The van der Waals surface area contributed by atoms with E-state index in [1.165, 1.54) is 25.9 Å². The lowest BCUT2D eigenvalue weighted by Gasteiger charge is -2.26. The Kier molecular flexibility index (Phi) is 10.8. The van der Waals surface area contributed by atoms with Crippen LogP contribution in [0.4, 0.5) is 0 Å². The molecule has 0 spiro atoms. The van der Waals surface area contributed by atoms with Gasteiger partial charge in [-0.05, 0) is 58.9 Å². The van der Waals surface area contributed by atoms with Gasteiger partial charge < -0.3 is 15.1 Å². The smallest absolute Gasteiger partial charge is 0.217 e. The largest absolute Gasteiger partial charge is 0.352 e. The molecule has 4 nitrogen and oxygen atoms in total. The molecule has 0 aromatic carbocycles. The van der Waals surface area contributed by atoms with E-state index < -0.39 is 0 Å². The molecule has 2 heterocycles. The molecule has 20 heavy (non-hydrogen) atoms. The first kappa shape index (κ1) is 19.4. The number of rotatable bonds is 1. The number of carbonyl (C=O) groups excluding carboxylic acids is 1. The summed E-state index contributed by atoms with van der Waals surface area (Å²) in [5.74, 6) is 1.06. The van der Waals surface area contributed by atoms with Crippen molar-refractivity contribution in [3.8, 4) is 0 Å². The second-order valence-electron chi connectivity index (χ2n) is 5.93. The van der Waals surface area contributed by atoms with Crippen LogP contribution in [0, 0.1) is 5.92 Å². The van der Waals surface area contributed by atoms with E-state index in [0.29, 0.717) is 6.04 Å². The normalized spacial score (nSPS) is 24.2. The minimum Gasteiger partial charge on any atom is -0.352 e. The van der Waals surface area contributed by atoms with Gasteiger partial charge in [-0.25, -0.2) is 0 Å². The van der Waals surface area contributed by atoms with Crippen LogP contribution in [-0.2, 0) is 4.79 Å². The third kappa shape index (κ3) is 9.32. The SMILES string of the molecule is CC.CC(=O)NC1CCN(C)C1.CC1CCN(C)CC1. The molecule has 2 fully saturated rings. The second kappa shape index (κ2) is 11.1. The van der Waals surface area contributed by atoms with Crippen LogP contribution in [-0.4, -0.2) is 62.0 Å². The first-order chi connectivity index (χ1) is 9.47. The number of piperidine rings is 1. The Bertz CT molecular complexity index is 240. The summed E-state index contributed by atoms with van der Waals surface area (Å²) in [6.07, 6.45) is 3.89. The van der Waals surface area contributed by atoms with Crippen molar-refractivity contribution < 1.29 is 4.79 Å². The van der Waals surface area contributed by atoms with E-state index in [9.17, 15) is 4.79 Å². The molecule has 0 aliphatic carbocycles. The standard InChI is InChI=1S/C7H14N2O.C7H15N.C2H6/c1-6(10)8-7-3-4-9(2)5-7;1-7-3-5-8(2)6-4-7;1-2/h7H,3-5H2,1-2H3,(H,8,10);7H,3-6H2,1-2H3;1-2H3. The van der Waals surface area contributed by atoms with Gasteiger partial charge in [-0.15, -0.1) is 0 Å². The Morgan fingerprint density at radius 1 is 1.00 bits per heavy atom. The average Bonchev–Trinajstić information content (AvgIpc) is 2.81. The highest BCUT2D eigenvalue weighted by atomic mass is 16.1. The summed E-state index contributed by atoms with van der Waals surface area (Å²) in [5.41, 5.74) is 0. The fraction of sp³-hybridized carbons (Fsp3) is 0.938. The highest BCUT2D eigenvalue weighted by Gasteiger charge is 2.19. The molecule has 1 unspecified atom stereocenters. The van der Waals surface area contributed by atoms with Gasteiger partial charge in [0.1, 0.15) is 0 Å². The fourth-order valence-electron chi connectivity index (χ4n) is 2.48.